The molecule has 1 atom stereocenters. The molecule has 1 N–H and O–H groups in total. The quantitative estimate of drug-likeness (QED) is 0.879. The molecule has 1 aromatic carbocycles. The van der Waals surface area contributed by atoms with Crippen LogP contribution in [0.25, 0.3) is 10.2 Å². The van der Waals surface area contributed by atoms with Gasteiger partial charge in [-0.3, -0.25) is 9.69 Å². The summed E-state index contributed by atoms with van der Waals surface area (Å²) in [5.41, 5.74) is 1.02. The van der Waals surface area contributed by atoms with Crippen molar-refractivity contribution in [2.75, 3.05) is 32.8 Å². The molecule has 124 valence electrons. The van der Waals surface area contributed by atoms with E-state index >= 15 is 0 Å². The summed E-state index contributed by atoms with van der Waals surface area (Å²) < 4.78 is 6.54. The van der Waals surface area contributed by atoms with E-state index in [0.29, 0.717) is 25.4 Å². The van der Waals surface area contributed by atoms with Crippen molar-refractivity contribution < 1.29 is 9.53 Å². The number of rotatable bonds is 6. The molecule has 2 aromatic rings. The average molecular weight is 333 g/mol. The minimum atomic E-state index is 0.101. The number of nitrogens with zero attached hydrogens (tertiary/aromatic N) is 2. The Morgan fingerprint density at radius 3 is 2.96 bits per heavy atom. The molecule has 1 aliphatic rings. The van der Waals surface area contributed by atoms with Gasteiger partial charge in [0, 0.05) is 38.5 Å². The van der Waals surface area contributed by atoms with Crippen LogP contribution in [-0.4, -0.2) is 54.7 Å². The molecule has 23 heavy (non-hydrogen) atoms. The van der Waals surface area contributed by atoms with E-state index in [0.717, 1.165) is 36.8 Å². The van der Waals surface area contributed by atoms with E-state index in [4.69, 9.17) is 4.74 Å². The topological polar surface area (TPSA) is 54.5 Å². The molecule has 0 aliphatic carbocycles. The molecule has 1 amide bonds. The number of amides is 1. The van der Waals surface area contributed by atoms with Crippen LogP contribution in [0.15, 0.2) is 24.3 Å². The lowest BCUT2D eigenvalue weighted by Crippen LogP contribution is -2.47. The highest BCUT2D eigenvalue weighted by Gasteiger charge is 2.17. The molecule has 2 heterocycles. The molecule has 6 heteroatoms. The highest BCUT2D eigenvalue weighted by atomic mass is 32.1. The molecule has 3 rings (SSSR count). The third-order valence-corrected chi connectivity index (χ3v) is 5.26. The number of carbonyl (C=O) groups excluding carboxylic acids is 1. The van der Waals surface area contributed by atoms with Gasteiger partial charge >= 0.3 is 0 Å². The first-order valence-corrected chi connectivity index (χ1v) is 8.97. The third-order valence-electron chi connectivity index (χ3n) is 4.17. The standard InChI is InChI=1S/C17H23N3O2S/c1-13(20-8-10-22-11-9-20)12-18-16(21)6-7-17-19-14-4-2-3-5-15(14)23-17/h2-5,13H,6-12H2,1H3,(H,18,21). The molecule has 1 aliphatic heterocycles. The van der Waals surface area contributed by atoms with Gasteiger partial charge in [0.05, 0.1) is 28.4 Å². The lowest BCUT2D eigenvalue weighted by molar-refractivity contribution is -0.121. The maximum absolute atomic E-state index is 12.0. The summed E-state index contributed by atoms with van der Waals surface area (Å²) in [7, 11) is 0. The molecule has 1 unspecified atom stereocenters. The summed E-state index contributed by atoms with van der Waals surface area (Å²) in [6.45, 7) is 6.31. The van der Waals surface area contributed by atoms with E-state index in [9.17, 15) is 4.79 Å². The van der Waals surface area contributed by atoms with Gasteiger partial charge in [0.15, 0.2) is 0 Å². The van der Waals surface area contributed by atoms with Crippen LogP contribution < -0.4 is 5.32 Å². The van der Waals surface area contributed by atoms with Crippen LogP contribution in [0.2, 0.25) is 0 Å². The number of hydrogen-bond acceptors (Lipinski definition) is 5. The normalized spacial score (nSPS) is 17.3. The summed E-state index contributed by atoms with van der Waals surface area (Å²) in [4.78, 5) is 19.0. The monoisotopic (exact) mass is 333 g/mol. The van der Waals surface area contributed by atoms with Crippen molar-refractivity contribution in [2.24, 2.45) is 0 Å². The van der Waals surface area contributed by atoms with Gasteiger partial charge in [-0.25, -0.2) is 4.98 Å². The van der Waals surface area contributed by atoms with Crippen molar-refractivity contribution in [1.82, 2.24) is 15.2 Å². The Morgan fingerprint density at radius 2 is 2.17 bits per heavy atom. The van der Waals surface area contributed by atoms with Gasteiger partial charge in [0.1, 0.15) is 0 Å². The Labute approximate surface area is 140 Å². The van der Waals surface area contributed by atoms with Crippen LogP contribution >= 0.6 is 11.3 Å². The number of ether oxygens (including phenoxy) is 1. The van der Waals surface area contributed by atoms with Gasteiger partial charge in [-0.05, 0) is 19.1 Å². The number of para-hydroxylation sites is 1. The van der Waals surface area contributed by atoms with E-state index in [1.54, 1.807) is 11.3 Å². The molecular weight excluding hydrogens is 310 g/mol. The second kappa shape index (κ2) is 7.86. The number of thiazole rings is 1. The number of fused-ring (bicyclic) bond motifs is 1. The van der Waals surface area contributed by atoms with Gasteiger partial charge in [-0.15, -0.1) is 11.3 Å². The Kier molecular flexibility index (Phi) is 5.59. The molecule has 0 bridgehead atoms. The first-order chi connectivity index (χ1) is 11.2. The van der Waals surface area contributed by atoms with Gasteiger partial charge in [-0.2, -0.15) is 0 Å². The predicted molar refractivity (Wildman–Crippen MR) is 92.8 cm³/mol. The van der Waals surface area contributed by atoms with Crippen molar-refractivity contribution in [3.05, 3.63) is 29.3 Å². The summed E-state index contributed by atoms with van der Waals surface area (Å²) >= 11 is 1.67. The van der Waals surface area contributed by atoms with Crippen LogP contribution in [-0.2, 0) is 16.0 Å². The van der Waals surface area contributed by atoms with Crippen molar-refractivity contribution >= 4 is 27.5 Å². The van der Waals surface area contributed by atoms with Crippen LogP contribution in [0.5, 0.6) is 0 Å². The zero-order valence-corrected chi connectivity index (χ0v) is 14.3. The maximum Gasteiger partial charge on any atom is 0.220 e. The number of hydrogen-bond donors (Lipinski definition) is 1. The largest absolute Gasteiger partial charge is 0.379 e. The van der Waals surface area contributed by atoms with Gasteiger partial charge in [0.25, 0.3) is 0 Å². The van der Waals surface area contributed by atoms with Crippen molar-refractivity contribution in [2.45, 2.75) is 25.8 Å². The van der Waals surface area contributed by atoms with Crippen LogP contribution in [0.3, 0.4) is 0 Å². The van der Waals surface area contributed by atoms with E-state index in [-0.39, 0.29) is 5.91 Å². The number of benzene rings is 1. The van der Waals surface area contributed by atoms with Crippen molar-refractivity contribution in [3.8, 4) is 0 Å². The molecule has 0 radical (unpaired) electrons. The minimum Gasteiger partial charge on any atom is -0.379 e. The van der Waals surface area contributed by atoms with E-state index in [2.05, 4.69) is 28.2 Å². The van der Waals surface area contributed by atoms with Crippen LogP contribution in [0, 0.1) is 0 Å². The van der Waals surface area contributed by atoms with E-state index < -0.39 is 0 Å². The first kappa shape index (κ1) is 16.4. The smallest absolute Gasteiger partial charge is 0.220 e. The SMILES string of the molecule is CC(CNC(=O)CCc1nc2ccccc2s1)N1CCOCC1. The highest BCUT2D eigenvalue weighted by Crippen LogP contribution is 2.22. The summed E-state index contributed by atoms with van der Waals surface area (Å²) in [5, 5.41) is 4.07. The molecule has 1 aromatic heterocycles. The average Bonchev–Trinajstić information content (AvgIpc) is 3.01. The lowest BCUT2D eigenvalue weighted by atomic mass is 10.2. The molecule has 1 saturated heterocycles. The number of morpholine rings is 1. The highest BCUT2D eigenvalue weighted by molar-refractivity contribution is 7.18. The lowest BCUT2D eigenvalue weighted by Gasteiger charge is -2.32. The summed E-state index contributed by atoms with van der Waals surface area (Å²) in [5.74, 6) is 0.101. The van der Waals surface area contributed by atoms with E-state index in [1.165, 1.54) is 4.70 Å². The second-order valence-corrected chi connectivity index (χ2v) is 6.99. The van der Waals surface area contributed by atoms with Gasteiger partial charge in [-0.1, -0.05) is 12.1 Å². The fourth-order valence-electron chi connectivity index (χ4n) is 2.74. The predicted octanol–water partition coefficient (Wildman–Crippen LogP) is 2.07. The Bertz CT molecular complexity index is 619. The Balaban J connectivity index is 1.42. The fourth-order valence-corrected chi connectivity index (χ4v) is 3.71. The maximum atomic E-state index is 12.0. The van der Waals surface area contributed by atoms with Gasteiger partial charge in [0.2, 0.25) is 5.91 Å². The molecule has 1 fully saturated rings. The zero-order valence-electron chi connectivity index (χ0n) is 13.5. The zero-order chi connectivity index (χ0) is 16.1. The second-order valence-electron chi connectivity index (χ2n) is 5.88. The van der Waals surface area contributed by atoms with Crippen LogP contribution in [0.1, 0.15) is 18.4 Å². The molecule has 5 nitrogen and oxygen atoms in total. The minimum absolute atomic E-state index is 0.101. The van der Waals surface area contributed by atoms with Crippen LogP contribution in [0.4, 0.5) is 0 Å². The fraction of sp³-hybridized carbons (Fsp3) is 0.529. The molecule has 0 saturated carbocycles. The van der Waals surface area contributed by atoms with Gasteiger partial charge < -0.3 is 10.1 Å². The number of aromatic nitrogens is 1. The molecular formula is C17H23N3O2S. The van der Waals surface area contributed by atoms with E-state index in [1.807, 2.05) is 18.2 Å². The number of aryl methyl sites for hydroxylation is 1. The first-order valence-electron chi connectivity index (χ1n) is 8.15. The number of nitrogens with one attached hydrogen (secondary N) is 1. The molecule has 0 spiro atoms. The number of carbonyl (C=O) groups is 1. The van der Waals surface area contributed by atoms with Crippen molar-refractivity contribution in [3.63, 3.8) is 0 Å². The van der Waals surface area contributed by atoms with Crippen molar-refractivity contribution in [1.29, 1.82) is 0 Å². The Morgan fingerprint density at radius 1 is 1.39 bits per heavy atom. The Hall–Kier alpha value is -1.50. The summed E-state index contributed by atoms with van der Waals surface area (Å²) in [6.07, 6.45) is 1.20. The summed E-state index contributed by atoms with van der Waals surface area (Å²) in [6, 6.07) is 8.44. The third kappa shape index (κ3) is 4.50.